The van der Waals surface area contributed by atoms with Gasteiger partial charge in [-0.05, 0) is 47.5 Å². The Balaban J connectivity index is 1.86. The van der Waals surface area contributed by atoms with Crippen molar-refractivity contribution in [3.05, 3.63) is 126 Å². The molecule has 0 aliphatic carbocycles. The maximum absolute atomic E-state index is 14.6. The smallest absolute Gasteiger partial charge is 0.205 e. The largest absolute Gasteiger partial charge is 0.497 e. The third-order valence-electron chi connectivity index (χ3n) is 5.11. The van der Waals surface area contributed by atoms with Crippen LogP contribution in [0.15, 0.2) is 115 Å². The van der Waals surface area contributed by atoms with Crippen LogP contribution in [0.25, 0.3) is 0 Å². The number of methoxy groups -OCH3 is 1. The fraction of sp³-hybridized carbons (Fsp3) is 0.0769. The normalized spacial score (nSPS) is 12.3. The lowest BCUT2D eigenvalue weighted by Gasteiger charge is -2.28. The summed E-state index contributed by atoms with van der Waals surface area (Å²) >= 11 is 0. The molecule has 4 rings (SSSR count). The molecule has 1 N–H and O–H groups in total. The van der Waals surface area contributed by atoms with Crippen LogP contribution in [0.3, 0.4) is 0 Å². The van der Waals surface area contributed by atoms with E-state index in [-0.39, 0.29) is 6.04 Å². The highest BCUT2D eigenvalue weighted by Crippen LogP contribution is 2.43. The third-order valence-corrected chi connectivity index (χ3v) is 7.78. The number of rotatable bonds is 7. The number of hydrogen-bond donors (Lipinski definition) is 1. The molecule has 0 bridgehead atoms. The molecule has 0 fully saturated rings. The van der Waals surface area contributed by atoms with Gasteiger partial charge in [0.25, 0.3) is 0 Å². The Labute approximate surface area is 177 Å². The van der Waals surface area contributed by atoms with Crippen LogP contribution < -0.4 is 20.4 Å². The van der Waals surface area contributed by atoms with Crippen LogP contribution in [0, 0.1) is 0 Å². The van der Waals surface area contributed by atoms with Crippen LogP contribution in [0.2, 0.25) is 0 Å². The SMILES string of the molecule is COc1cccc([C@@H](NP(=O)(c2ccccc2)c2ccccc2)c2ccccc2)c1. The lowest BCUT2D eigenvalue weighted by molar-refractivity contribution is 0.414. The maximum atomic E-state index is 14.6. The first-order valence-electron chi connectivity index (χ1n) is 9.89. The summed E-state index contributed by atoms with van der Waals surface area (Å²) in [6.45, 7) is 0. The van der Waals surface area contributed by atoms with Gasteiger partial charge in [0.2, 0.25) is 7.29 Å². The highest BCUT2D eigenvalue weighted by Gasteiger charge is 2.31. The van der Waals surface area contributed by atoms with E-state index in [1.54, 1.807) is 7.11 Å². The second-order valence-electron chi connectivity index (χ2n) is 7.03. The van der Waals surface area contributed by atoms with Crippen LogP contribution in [-0.4, -0.2) is 7.11 Å². The van der Waals surface area contributed by atoms with Crippen molar-refractivity contribution in [3.8, 4) is 5.75 Å². The lowest BCUT2D eigenvalue weighted by atomic mass is 9.99. The Morgan fingerprint density at radius 2 is 1.17 bits per heavy atom. The second-order valence-corrected chi connectivity index (χ2v) is 9.54. The van der Waals surface area contributed by atoms with Gasteiger partial charge in [0.05, 0.1) is 13.2 Å². The van der Waals surface area contributed by atoms with Gasteiger partial charge in [-0.15, -0.1) is 0 Å². The van der Waals surface area contributed by atoms with Gasteiger partial charge in [-0.2, -0.15) is 0 Å². The molecular formula is C26H24NO2P. The van der Waals surface area contributed by atoms with Gasteiger partial charge in [0.15, 0.2) is 0 Å². The number of nitrogens with one attached hydrogen (secondary N) is 1. The molecule has 1 atom stereocenters. The van der Waals surface area contributed by atoms with E-state index >= 15 is 0 Å². The average molecular weight is 413 g/mol. The van der Waals surface area contributed by atoms with E-state index in [4.69, 9.17) is 4.74 Å². The molecule has 0 unspecified atom stereocenters. The maximum Gasteiger partial charge on any atom is 0.205 e. The fourth-order valence-electron chi connectivity index (χ4n) is 3.56. The molecule has 0 saturated carbocycles. The molecular weight excluding hydrogens is 389 g/mol. The summed E-state index contributed by atoms with van der Waals surface area (Å²) in [6, 6.07) is 37.0. The van der Waals surface area contributed by atoms with Crippen LogP contribution in [-0.2, 0) is 4.57 Å². The molecule has 4 aromatic rings. The van der Waals surface area contributed by atoms with Crippen molar-refractivity contribution in [1.82, 2.24) is 5.09 Å². The molecule has 0 aliphatic rings. The molecule has 4 aromatic carbocycles. The molecule has 4 heteroatoms. The van der Waals surface area contributed by atoms with Gasteiger partial charge in [0.1, 0.15) is 5.75 Å². The zero-order chi connectivity index (χ0) is 20.8. The van der Waals surface area contributed by atoms with Gasteiger partial charge < -0.3 is 4.74 Å². The number of benzene rings is 4. The summed E-state index contributed by atoms with van der Waals surface area (Å²) in [7, 11) is -1.47. The monoisotopic (exact) mass is 413 g/mol. The topological polar surface area (TPSA) is 38.3 Å². The lowest BCUT2D eigenvalue weighted by Crippen LogP contribution is -2.31. The Bertz CT molecular complexity index is 1090. The van der Waals surface area contributed by atoms with E-state index in [1.165, 1.54) is 0 Å². The molecule has 0 saturated heterocycles. The molecule has 0 spiro atoms. The van der Waals surface area contributed by atoms with Crippen molar-refractivity contribution in [2.75, 3.05) is 7.11 Å². The summed E-state index contributed by atoms with van der Waals surface area (Å²) in [4.78, 5) is 0. The van der Waals surface area contributed by atoms with Crippen molar-refractivity contribution < 1.29 is 9.30 Å². The summed E-state index contributed by atoms with van der Waals surface area (Å²) in [6.07, 6.45) is 0. The molecule has 0 aromatic heterocycles. The van der Waals surface area contributed by atoms with E-state index in [9.17, 15) is 4.57 Å². The van der Waals surface area contributed by atoms with E-state index in [1.807, 2.05) is 103 Å². The minimum Gasteiger partial charge on any atom is -0.497 e. The Kier molecular flexibility index (Phi) is 6.13. The highest BCUT2D eigenvalue weighted by atomic mass is 31.2. The summed E-state index contributed by atoms with van der Waals surface area (Å²) in [5.41, 5.74) is 2.03. The Hall–Kier alpha value is -3.13. The zero-order valence-electron chi connectivity index (χ0n) is 16.8. The van der Waals surface area contributed by atoms with Crippen LogP contribution in [0.4, 0.5) is 0 Å². The van der Waals surface area contributed by atoms with E-state index in [2.05, 4.69) is 17.2 Å². The highest BCUT2D eigenvalue weighted by molar-refractivity contribution is 7.76. The fourth-order valence-corrected chi connectivity index (χ4v) is 6.01. The quantitative estimate of drug-likeness (QED) is 0.418. The first-order valence-corrected chi connectivity index (χ1v) is 11.6. The van der Waals surface area contributed by atoms with Crippen LogP contribution in [0.1, 0.15) is 17.2 Å². The predicted octanol–water partition coefficient (Wildman–Crippen LogP) is 5.30. The van der Waals surface area contributed by atoms with Crippen molar-refractivity contribution in [2.45, 2.75) is 6.04 Å². The Morgan fingerprint density at radius 1 is 0.667 bits per heavy atom. The molecule has 30 heavy (non-hydrogen) atoms. The zero-order valence-corrected chi connectivity index (χ0v) is 17.7. The molecule has 150 valence electrons. The van der Waals surface area contributed by atoms with Gasteiger partial charge >= 0.3 is 0 Å². The summed E-state index contributed by atoms with van der Waals surface area (Å²) in [5, 5.41) is 5.10. The van der Waals surface area contributed by atoms with Crippen molar-refractivity contribution in [3.63, 3.8) is 0 Å². The third kappa shape index (κ3) is 4.23. The van der Waals surface area contributed by atoms with Gasteiger partial charge in [-0.25, -0.2) is 5.09 Å². The molecule has 0 heterocycles. The molecule has 3 nitrogen and oxygen atoms in total. The number of ether oxygens (including phenoxy) is 1. The van der Waals surface area contributed by atoms with E-state index < -0.39 is 7.29 Å². The van der Waals surface area contributed by atoms with Gasteiger partial charge in [0, 0.05) is 10.6 Å². The van der Waals surface area contributed by atoms with Crippen LogP contribution in [0.5, 0.6) is 5.75 Å². The van der Waals surface area contributed by atoms with Crippen molar-refractivity contribution in [2.24, 2.45) is 0 Å². The Morgan fingerprint density at radius 3 is 1.70 bits per heavy atom. The van der Waals surface area contributed by atoms with Crippen LogP contribution >= 0.6 is 7.29 Å². The second kappa shape index (κ2) is 9.13. The molecule has 0 radical (unpaired) electrons. The van der Waals surface area contributed by atoms with E-state index in [0.29, 0.717) is 0 Å². The average Bonchev–Trinajstić information content (AvgIpc) is 2.84. The number of hydrogen-bond acceptors (Lipinski definition) is 2. The molecule has 0 amide bonds. The summed E-state index contributed by atoms with van der Waals surface area (Å²) in [5.74, 6) is 0.768. The standard InChI is InChI=1S/C26H24NO2P/c1-29-23-15-11-14-22(20-23)26(21-12-5-2-6-13-21)27-30(28,24-16-7-3-8-17-24)25-18-9-4-10-19-25/h2-20,26H,1H3,(H,27,28)/t26-/m0/s1. The minimum absolute atomic E-state index is 0.271. The van der Waals surface area contributed by atoms with Crippen molar-refractivity contribution >= 4 is 17.9 Å². The van der Waals surface area contributed by atoms with Gasteiger partial charge in [-0.1, -0.05) is 78.9 Å². The van der Waals surface area contributed by atoms with E-state index in [0.717, 1.165) is 27.5 Å². The summed E-state index contributed by atoms with van der Waals surface area (Å²) < 4.78 is 20.0. The first kappa shape index (κ1) is 20.2. The minimum atomic E-state index is -3.13. The predicted molar refractivity (Wildman–Crippen MR) is 124 cm³/mol. The first-order chi connectivity index (χ1) is 14.7. The van der Waals surface area contributed by atoms with Crippen molar-refractivity contribution in [1.29, 1.82) is 0 Å². The van der Waals surface area contributed by atoms with Gasteiger partial charge in [-0.3, -0.25) is 4.57 Å². The molecule has 0 aliphatic heterocycles.